The van der Waals surface area contributed by atoms with Crippen LogP contribution in [0.4, 0.5) is 5.82 Å². The van der Waals surface area contributed by atoms with Gasteiger partial charge in [0.15, 0.2) is 0 Å². The van der Waals surface area contributed by atoms with Gasteiger partial charge in [0.2, 0.25) is 0 Å². The van der Waals surface area contributed by atoms with Gasteiger partial charge in [0.1, 0.15) is 11.9 Å². The Kier molecular flexibility index (Phi) is 4.76. The third kappa shape index (κ3) is 3.65. The summed E-state index contributed by atoms with van der Waals surface area (Å²) in [5.74, 6) is 6.54. The highest BCUT2D eigenvalue weighted by atomic mass is 35.5. The van der Waals surface area contributed by atoms with Crippen molar-refractivity contribution in [2.75, 3.05) is 18.6 Å². The Balaban J connectivity index is 1.79. The highest BCUT2D eigenvalue weighted by molar-refractivity contribution is 6.30. The molecular formula is C19H18ClN3O2. The molecule has 2 aromatic rings. The molecule has 1 aliphatic rings. The molecular weight excluding hydrogens is 338 g/mol. The zero-order valence-corrected chi connectivity index (χ0v) is 15.0. The minimum absolute atomic E-state index is 0.0659. The SMILES string of the molecule is CO[C@@H]1C(=O)N(c2ccc(C#Cc3cncc(Cl)c3)cn2)CC1(C)C. The molecule has 0 N–H and O–H groups in total. The molecule has 0 radical (unpaired) electrons. The standard InChI is InChI=1S/C19H18ClN3O2/c1-19(2)12-23(18(24)17(19)25-3)16-7-6-13(10-22-16)4-5-14-8-15(20)11-21-9-14/h6-11,17H,12H2,1-3H3/t17-/m1/s1. The lowest BCUT2D eigenvalue weighted by molar-refractivity contribution is -0.128. The summed E-state index contributed by atoms with van der Waals surface area (Å²) in [5, 5.41) is 0.545. The Morgan fingerprint density at radius 3 is 2.60 bits per heavy atom. The van der Waals surface area contributed by atoms with Gasteiger partial charge in [0.05, 0.1) is 5.02 Å². The summed E-state index contributed by atoms with van der Waals surface area (Å²) in [4.78, 5) is 22.5. The molecule has 0 saturated carbocycles. The molecule has 25 heavy (non-hydrogen) atoms. The van der Waals surface area contributed by atoms with Gasteiger partial charge in [0, 0.05) is 48.8 Å². The van der Waals surface area contributed by atoms with Gasteiger partial charge >= 0.3 is 0 Å². The number of rotatable bonds is 2. The fourth-order valence-electron chi connectivity index (χ4n) is 2.90. The molecule has 1 aliphatic heterocycles. The van der Waals surface area contributed by atoms with E-state index in [0.29, 0.717) is 17.4 Å². The van der Waals surface area contributed by atoms with E-state index in [1.807, 2.05) is 19.9 Å². The molecule has 0 aliphatic carbocycles. The first-order valence-electron chi connectivity index (χ1n) is 7.83. The average Bonchev–Trinajstić information content (AvgIpc) is 2.82. The zero-order chi connectivity index (χ0) is 18.0. The lowest BCUT2D eigenvalue weighted by atomic mass is 9.90. The molecule has 3 rings (SSSR count). The highest BCUT2D eigenvalue weighted by Gasteiger charge is 2.47. The van der Waals surface area contributed by atoms with Crippen LogP contribution in [0.5, 0.6) is 0 Å². The van der Waals surface area contributed by atoms with Crippen LogP contribution in [0.1, 0.15) is 25.0 Å². The Morgan fingerprint density at radius 1 is 1.24 bits per heavy atom. The number of hydrogen-bond donors (Lipinski definition) is 0. The summed E-state index contributed by atoms with van der Waals surface area (Å²) in [6.45, 7) is 4.59. The van der Waals surface area contributed by atoms with Crippen molar-refractivity contribution in [2.45, 2.75) is 20.0 Å². The summed E-state index contributed by atoms with van der Waals surface area (Å²) < 4.78 is 5.35. The van der Waals surface area contributed by atoms with Crippen LogP contribution in [0, 0.1) is 17.3 Å². The minimum Gasteiger partial charge on any atom is -0.371 e. The Bertz CT molecular complexity index is 853. The van der Waals surface area contributed by atoms with E-state index in [1.54, 1.807) is 42.7 Å². The molecule has 0 aromatic carbocycles. The number of halogens is 1. The summed E-state index contributed by atoms with van der Waals surface area (Å²) >= 11 is 5.89. The lowest BCUT2D eigenvalue weighted by Gasteiger charge is -2.21. The van der Waals surface area contributed by atoms with Crippen LogP contribution in [0.25, 0.3) is 0 Å². The van der Waals surface area contributed by atoms with Crippen LogP contribution in [-0.4, -0.2) is 35.6 Å². The number of amides is 1. The summed E-state index contributed by atoms with van der Waals surface area (Å²) in [7, 11) is 1.56. The van der Waals surface area contributed by atoms with Crippen molar-refractivity contribution >= 4 is 23.3 Å². The fraction of sp³-hybridized carbons (Fsp3) is 0.316. The first-order valence-corrected chi connectivity index (χ1v) is 8.21. The van der Waals surface area contributed by atoms with Crippen LogP contribution in [-0.2, 0) is 9.53 Å². The number of hydrogen-bond acceptors (Lipinski definition) is 4. The van der Waals surface area contributed by atoms with E-state index in [1.165, 1.54) is 0 Å². The van der Waals surface area contributed by atoms with Crippen molar-refractivity contribution < 1.29 is 9.53 Å². The molecule has 6 heteroatoms. The third-order valence-corrected chi connectivity index (χ3v) is 4.29. The van der Waals surface area contributed by atoms with E-state index in [9.17, 15) is 4.79 Å². The van der Waals surface area contributed by atoms with Crippen molar-refractivity contribution in [3.8, 4) is 11.8 Å². The maximum Gasteiger partial charge on any atom is 0.257 e. The van der Waals surface area contributed by atoms with E-state index < -0.39 is 6.10 Å². The number of carbonyl (C=O) groups is 1. The Labute approximate surface area is 152 Å². The van der Waals surface area contributed by atoms with Gasteiger partial charge in [-0.3, -0.25) is 14.7 Å². The van der Waals surface area contributed by atoms with Crippen LogP contribution in [0.3, 0.4) is 0 Å². The summed E-state index contributed by atoms with van der Waals surface area (Å²) in [6, 6.07) is 5.39. The third-order valence-electron chi connectivity index (χ3n) is 4.08. The predicted octanol–water partition coefficient (Wildman–Crippen LogP) is 2.92. The van der Waals surface area contributed by atoms with Gasteiger partial charge in [-0.05, 0) is 18.2 Å². The van der Waals surface area contributed by atoms with Crippen molar-refractivity contribution in [1.29, 1.82) is 0 Å². The second-order valence-corrected chi connectivity index (χ2v) is 7.01. The first kappa shape index (κ1) is 17.4. The lowest BCUT2D eigenvalue weighted by Crippen LogP contribution is -2.33. The number of anilines is 1. The number of carbonyl (C=O) groups excluding carboxylic acids is 1. The summed E-state index contributed by atoms with van der Waals surface area (Å²) in [6.07, 6.45) is 4.41. The molecule has 0 spiro atoms. The molecule has 1 saturated heterocycles. The molecule has 5 nitrogen and oxygen atoms in total. The minimum atomic E-state index is -0.455. The second kappa shape index (κ2) is 6.83. The molecule has 3 heterocycles. The number of ether oxygens (including phenoxy) is 1. The van der Waals surface area contributed by atoms with Crippen molar-refractivity contribution in [2.24, 2.45) is 5.41 Å². The molecule has 0 unspecified atom stereocenters. The Morgan fingerprint density at radius 2 is 2.00 bits per heavy atom. The molecule has 0 bridgehead atoms. The number of aromatic nitrogens is 2. The van der Waals surface area contributed by atoms with E-state index in [0.717, 1.165) is 11.1 Å². The first-order chi connectivity index (χ1) is 11.9. The number of pyridine rings is 2. The number of nitrogens with zero attached hydrogens (tertiary/aromatic N) is 3. The summed E-state index contributed by atoms with van der Waals surface area (Å²) in [5.41, 5.74) is 1.22. The molecule has 2 aromatic heterocycles. The molecule has 128 valence electrons. The van der Waals surface area contributed by atoms with Crippen molar-refractivity contribution in [1.82, 2.24) is 9.97 Å². The van der Waals surface area contributed by atoms with Gasteiger partial charge in [-0.15, -0.1) is 0 Å². The van der Waals surface area contributed by atoms with E-state index in [2.05, 4.69) is 21.8 Å². The second-order valence-electron chi connectivity index (χ2n) is 6.58. The maximum absolute atomic E-state index is 12.5. The largest absolute Gasteiger partial charge is 0.371 e. The average molecular weight is 356 g/mol. The van der Waals surface area contributed by atoms with Gasteiger partial charge < -0.3 is 4.74 Å². The van der Waals surface area contributed by atoms with Crippen LogP contribution >= 0.6 is 11.6 Å². The van der Waals surface area contributed by atoms with Gasteiger partial charge in [-0.1, -0.05) is 37.3 Å². The predicted molar refractivity (Wildman–Crippen MR) is 96.4 cm³/mol. The van der Waals surface area contributed by atoms with Crippen molar-refractivity contribution in [3.05, 3.63) is 52.9 Å². The van der Waals surface area contributed by atoms with Gasteiger partial charge in [-0.25, -0.2) is 4.98 Å². The monoisotopic (exact) mass is 355 g/mol. The van der Waals surface area contributed by atoms with Crippen LogP contribution in [0.2, 0.25) is 5.02 Å². The van der Waals surface area contributed by atoms with E-state index in [-0.39, 0.29) is 11.3 Å². The normalized spacial score (nSPS) is 18.8. The Hall–Kier alpha value is -2.42. The topological polar surface area (TPSA) is 55.3 Å². The zero-order valence-electron chi connectivity index (χ0n) is 14.3. The van der Waals surface area contributed by atoms with Gasteiger partial charge in [0.25, 0.3) is 5.91 Å². The van der Waals surface area contributed by atoms with Crippen LogP contribution in [0.15, 0.2) is 36.8 Å². The molecule has 1 amide bonds. The maximum atomic E-state index is 12.5. The fourth-order valence-corrected chi connectivity index (χ4v) is 3.08. The van der Waals surface area contributed by atoms with Crippen molar-refractivity contribution in [3.63, 3.8) is 0 Å². The highest BCUT2D eigenvalue weighted by Crippen LogP contribution is 2.34. The molecule has 1 fully saturated rings. The smallest absolute Gasteiger partial charge is 0.257 e. The quantitative estimate of drug-likeness (QED) is 0.777. The molecule has 1 atom stereocenters. The number of methoxy groups -OCH3 is 1. The van der Waals surface area contributed by atoms with Gasteiger partial charge in [-0.2, -0.15) is 0 Å². The van der Waals surface area contributed by atoms with E-state index in [4.69, 9.17) is 16.3 Å². The van der Waals surface area contributed by atoms with E-state index >= 15 is 0 Å². The van der Waals surface area contributed by atoms with Crippen LogP contribution < -0.4 is 4.90 Å².